The topological polar surface area (TPSA) is 59.6 Å². The molecule has 1 saturated carbocycles. The largest absolute Gasteiger partial charge is 0.493 e. The van der Waals surface area contributed by atoms with E-state index in [0.29, 0.717) is 12.5 Å². The molecule has 4 nitrogen and oxygen atoms in total. The van der Waals surface area contributed by atoms with Gasteiger partial charge in [-0.25, -0.2) is 4.99 Å². The quantitative estimate of drug-likeness (QED) is 0.655. The second-order valence-electron chi connectivity index (χ2n) is 5.53. The molecule has 0 unspecified atom stereocenters. The Balaban J connectivity index is 1.62. The van der Waals surface area contributed by atoms with E-state index >= 15 is 0 Å². The van der Waals surface area contributed by atoms with Crippen molar-refractivity contribution in [3.05, 3.63) is 27.7 Å². The number of halogens is 1. The van der Waals surface area contributed by atoms with E-state index in [2.05, 4.69) is 38.4 Å². The molecule has 0 spiro atoms. The van der Waals surface area contributed by atoms with E-state index < -0.39 is 0 Å². The molecular formula is C15H20BrN3O. The van der Waals surface area contributed by atoms with Crippen molar-refractivity contribution in [2.75, 3.05) is 13.2 Å². The zero-order valence-electron chi connectivity index (χ0n) is 11.5. The Bertz CT molecular complexity index is 526. The Kier molecular flexibility index (Phi) is 4.15. The van der Waals surface area contributed by atoms with E-state index in [9.17, 15) is 0 Å². The summed E-state index contributed by atoms with van der Waals surface area (Å²) < 4.78 is 6.77. The summed E-state index contributed by atoms with van der Waals surface area (Å²) in [4.78, 5) is 4.43. The van der Waals surface area contributed by atoms with Gasteiger partial charge in [0.2, 0.25) is 0 Å². The Morgan fingerprint density at radius 2 is 2.30 bits per heavy atom. The Morgan fingerprint density at radius 3 is 3.05 bits per heavy atom. The van der Waals surface area contributed by atoms with Gasteiger partial charge in [-0.2, -0.15) is 0 Å². The van der Waals surface area contributed by atoms with Gasteiger partial charge >= 0.3 is 0 Å². The third-order valence-corrected chi connectivity index (χ3v) is 4.50. The molecule has 0 atom stereocenters. The number of nitrogens with two attached hydrogens (primary N) is 1. The summed E-state index contributed by atoms with van der Waals surface area (Å²) in [5, 5.41) is 3.21. The number of guanidine groups is 1. The van der Waals surface area contributed by atoms with Crippen molar-refractivity contribution < 1.29 is 4.74 Å². The Morgan fingerprint density at radius 1 is 1.45 bits per heavy atom. The monoisotopic (exact) mass is 337 g/mol. The summed E-state index contributed by atoms with van der Waals surface area (Å²) in [6.45, 7) is 2.27. The first kappa shape index (κ1) is 13.7. The fourth-order valence-corrected chi connectivity index (χ4v) is 3.19. The number of hydrogen-bond donors (Lipinski definition) is 2. The van der Waals surface area contributed by atoms with Crippen LogP contribution < -0.4 is 15.8 Å². The molecule has 5 heteroatoms. The zero-order valence-corrected chi connectivity index (χ0v) is 13.1. The van der Waals surface area contributed by atoms with Crippen LogP contribution in [0.3, 0.4) is 0 Å². The van der Waals surface area contributed by atoms with Crippen molar-refractivity contribution in [2.24, 2.45) is 16.6 Å². The minimum atomic E-state index is 0.531. The van der Waals surface area contributed by atoms with Crippen molar-refractivity contribution in [1.29, 1.82) is 0 Å². The van der Waals surface area contributed by atoms with Crippen LogP contribution in [-0.2, 0) is 13.0 Å². The molecule has 3 rings (SSSR count). The van der Waals surface area contributed by atoms with Gasteiger partial charge in [-0.1, -0.05) is 22.4 Å². The summed E-state index contributed by atoms with van der Waals surface area (Å²) in [6.07, 6.45) is 4.95. The Hall–Kier alpha value is -1.23. The number of nitrogens with zero attached hydrogens (tertiary/aromatic N) is 1. The summed E-state index contributed by atoms with van der Waals surface area (Å²) in [7, 11) is 0. The molecule has 0 radical (unpaired) electrons. The molecule has 1 aliphatic heterocycles. The SMILES string of the molecule is NC(=NCc1cc(Br)cc2c1OCC2)NCC1CCC1. The van der Waals surface area contributed by atoms with E-state index in [1.54, 1.807) is 0 Å². The van der Waals surface area contributed by atoms with E-state index in [1.807, 2.05) is 0 Å². The third kappa shape index (κ3) is 3.08. The third-order valence-electron chi connectivity index (χ3n) is 4.04. The van der Waals surface area contributed by atoms with Crippen molar-refractivity contribution in [1.82, 2.24) is 5.32 Å². The van der Waals surface area contributed by atoms with Crippen molar-refractivity contribution in [3.8, 4) is 5.75 Å². The molecule has 0 bridgehead atoms. The molecule has 0 aromatic heterocycles. The first-order chi connectivity index (χ1) is 9.72. The minimum Gasteiger partial charge on any atom is -0.493 e. The van der Waals surface area contributed by atoms with Crippen LogP contribution in [-0.4, -0.2) is 19.1 Å². The molecule has 1 aliphatic carbocycles. The Labute approximate surface area is 127 Å². The van der Waals surface area contributed by atoms with Crippen molar-refractivity contribution in [2.45, 2.75) is 32.2 Å². The first-order valence-corrected chi connectivity index (χ1v) is 7.99. The molecule has 2 aliphatic rings. The lowest BCUT2D eigenvalue weighted by Crippen LogP contribution is -2.37. The van der Waals surface area contributed by atoms with E-state index in [0.717, 1.165) is 41.3 Å². The van der Waals surface area contributed by atoms with Crippen LogP contribution in [0.2, 0.25) is 0 Å². The fraction of sp³-hybridized carbons (Fsp3) is 0.533. The van der Waals surface area contributed by atoms with E-state index in [4.69, 9.17) is 10.5 Å². The van der Waals surface area contributed by atoms with Gasteiger partial charge in [-0.3, -0.25) is 0 Å². The van der Waals surface area contributed by atoms with Crippen molar-refractivity contribution in [3.63, 3.8) is 0 Å². The van der Waals surface area contributed by atoms with Gasteiger partial charge in [0.25, 0.3) is 0 Å². The molecule has 0 saturated heterocycles. The molecular weight excluding hydrogens is 318 g/mol. The van der Waals surface area contributed by atoms with Crippen LogP contribution in [0.25, 0.3) is 0 Å². The molecule has 1 aromatic carbocycles. The number of fused-ring (bicyclic) bond motifs is 1. The van der Waals surface area contributed by atoms with Gasteiger partial charge in [0, 0.05) is 23.0 Å². The number of hydrogen-bond acceptors (Lipinski definition) is 2. The molecule has 1 aromatic rings. The highest BCUT2D eigenvalue weighted by atomic mass is 79.9. The predicted molar refractivity (Wildman–Crippen MR) is 84.0 cm³/mol. The number of benzene rings is 1. The van der Waals surface area contributed by atoms with Crippen LogP contribution in [0.1, 0.15) is 30.4 Å². The van der Waals surface area contributed by atoms with Crippen LogP contribution in [0, 0.1) is 5.92 Å². The lowest BCUT2D eigenvalue weighted by molar-refractivity contribution is 0.315. The summed E-state index contributed by atoms with van der Waals surface area (Å²) in [5.74, 6) is 2.30. The molecule has 1 fully saturated rings. The maximum Gasteiger partial charge on any atom is 0.188 e. The predicted octanol–water partition coefficient (Wildman–Crippen LogP) is 2.59. The van der Waals surface area contributed by atoms with E-state index in [-0.39, 0.29) is 0 Å². The normalized spacial score (nSPS) is 18.4. The van der Waals surface area contributed by atoms with Crippen LogP contribution in [0.15, 0.2) is 21.6 Å². The van der Waals surface area contributed by atoms with Gasteiger partial charge in [0.1, 0.15) is 5.75 Å². The van der Waals surface area contributed by atoms with Gasteiger partial charge in [-0.15, -0.1) is 0 Å². The minimum absolute atomic E-state index is 0.531. The van der Waals surface area contributed by atoms with Gasteiger partial charge in [0.15, 0.2) is 5.96 Å². The average molecular weight is 338 g/mol. The lowest BCUT2D eigenvalue weighted by atomic mass is 9.85. The van der Waals surface area contributed by atoms with E-state index in [1.165, 1.54) is 24.8 Å². The lowest BCUT2D eigenvalue weighted by Gasteiger charge is -2.25. The number of nitrogens with one attached hydrogen (secondary N) is 1. The average Bonchev–Trinajstić information content (AvgIpc) is 2.82. The molecule has 1 heterocycles. The second-order valence-corrected chi connectivity index (χ2v) is 6.45. The van der Waals surface area contributed by atoms with Gasteiger partial charge in [-0.05, 0) is 36.5 Å². The van der Waals surface area contributed by atoms with Gasteiger partial charge in [0.05, 0.1) is 13.2 Å². The van der Waals surface area contributed by atoms with Crippen LogP contribution in [0.4, 0.5) is 0 Å². The van der Waals surface area contributed by atoms with Crippen LogP contribution in [0.5, 0.6) is 5.75 Å². The first-order valence-electron chi connectivity index (χ1n) is 7.20. The highest BCUT2D eigenvalue weighted by molar-refractivity contribution is 9.10. The summed E-state index contributed by atoms with van der Waals surface area (Å²) in [6, 6.07) is 4.18. The second kappa shape index (κ2) is 6.04. The summed E-state index contributed by atoms with van der Waals surface area (Å²) in [5.41, 5.74) is 8.27. The standard InChI is InChI=1S/C15H20BrN3O/c16-13-6-11-4-5-20-14(11)12(7-13)9-19-15(17)18-8-10-2-1-3-10/h6-7,10H,1-5,8-9H2,(H3,17,18,19). The highest BCUT2D eigenvalue weighted by Crippen LogP contribution is 2.33. The molecule has 108 valence electrons. The van der Waals surface area contributed by atoms with Crippen molar-refractivity contribution >= 4 is 21.9 Å². The number of rotatable bonds is 4. The van der Waals surface area contributed by atoms with Crippen LogP contribution >= 0.6 is 15.9 Å². The maximum atomic E-state index is 5.92. The highest BCUT2D eigenvalue weighted by Gasteiger charge is 2.18. The zero-order chi connectivity index (χ0) is 13.9. The summed E-state index contributed by atoms with van der Waals surface area (Å²) >= 11 is 3.54. The number of ether oxygens (including phenoxy) is 1. The van der Waals surface area contributed by atoms with Gasteiger partial charge < -0.3 is 15.8 Å². The molecule has 20 heavy (non-hydrogen) atoms. The maximum absolute atomic E-state index is 5.92. The molecule has 0 amide bonds. The molecule has 3 N–H and O–H groups in total. The number of aliphatic imine (C=N–C) groups is 1. The fourth-order valence-electron chi connectivity index (χ4n) is 2.64. The smallest absolute Gasteiger partial charge is 0.188 e.